The second kappa shape index (κ2) is 12.7. The summed E-state index contributed by atoms with van der Waals surface area (Å²) in [6, 6.07) is 9.94. The Hall–Kier alpha value is -4.88. The largest absolute Gasteiger partial charge is 0.481 e. The number of hydrogen-bond acceptors (Lipinski definition) is 8. The highest BCUT2D eigenvalue weighted by molar-refractivity contribution is 6.36. The first-order chi connectivity index (χ1) is 22.5. The van der Waals surface area contributed by atoms with Crippen LogP contribution < -0.4 is 31.9 Å². The Balaban J connectivity index is 1.32. The van der Waals surface area contributed by atoms with Gasteiger partial charge in [-0.25, -0.2) is 18.9 Å². The fraction of sp³-hybridized carbons (Fsp3) is 0.333. The lowest BCUT2D eigenvalue weighted by Gasteiger charge is -2.20. The number of anilines is 1. The van der Waals surface area contributed by atoms with Gasteiger partial charge in [0.05, 0.1) is 17.8 Å². The van der Waals surface area contributed by atoms with Crippen LogP contribution in [0.4, 0.5) is 10.1 Å². The Labute approximate surface area is 273 Å². The smallest absolute Gasteiger partial charge is 0.346 e. The number of rotatable bonds is 8. The van der Waals surface area contributed by atoms with Crippen molar-refractivity contribution in [2.45, 2.75) is 44.7 Å². The Morgan fingerprint density at radius 3 is 2.60 bits per heavy atom. The van der Waals surface area contributed by atoms with Gasteiger partial charge in [-0.15, -0.1) is 0 Å². The zero-order valence-corrected chi connectivity index (χ0v) is 27.0. The van der Waals surface area contributed by atoms with Crippen molar-refractivity contribution in [1.82, 2.24) is 30.0 Å². The van der Waals surface area contributed by atoms with Gasteiger partial charge in [-0.2, -0.15) is 5.10 Å². The fourth-order valence-corrected chi connectivity index (χ4v) is 6.59. The Morgan fingerprint density at radius 1 is 1.11 bits per heavy atom. The second-order valence-corrected chi connectivity index (χ2v) is 12.1. The number of nitrogens with zero attached hydrogens (tertiary/aromatic N) is 4. The number of methoxy groups -OCH3 is 1. The quantitative estimate of drug-likeness (QED) is 0.260. The van der Waals surface area contributed by atoms with Crippen molar-refractivity contribution in [3.8, 4) is 28.3 Å². The monoisotopic (exact) mass is 661 g/mol. The predicted octanol–water partition coefficient (Wildman–Crippen LogP) is 3.43. The molecule has 2 amide bonds. The summed E-state index contributed by atoms with van der Waals surface area (Å²) in [5.74, 6) is -0.978. The average molecular weight is 662 g/mol. The minimum absolute atomic E-state index is 0.0283. The van der Waals surface area contributed by atoms with E-state index in [0.29, 0.717) is 51.8 Å². The summed E-state index contributed by atoms with van der Waals surface area (Å²) >= 11 is 7.01. The second-order valence-electron chi connectivity index (χ2n) is 11.8. The van der Waals surface area contributed by atoms with E-state index in [1.807, 2.05) is 12.1 Å². The molecule has 1 aliphatic carbocycles. The third-order valence-corrected chi connectivity index (χ3v) is 9.18. The van der Waals surface area contributed by atoms with Crippen molar-refractivity contribution in [2.75, 3.05) is 19.0 Å². The number of pyridine rings is 1. The first-order valence-electron chi connectivity index (χ1n) is 15.1. The van der Waals surface area contributed by atoms with Crippen LogP contribution in [-0.4, -0.2) is 50.8 Å². The van der Waals surface area contributed by atoms with E-state index in [9.17, 15) is 19.2 Å². The van der Waals surface area contributed by atoms with Gasteiger partial charge >= 0.3 is 5.69 Å². The molecule has 244 valence electrons. The highest BCUT2D eigenvalue weighted by Gasteiger charge is 2.30. The standard InChI is InChI=1S/C33H33ClFN7O5/c1-16-22(13-18(35)14-24(16)38-30(44)29-32(45)41(2)33(46)42(3)40-29)20-6-5-7-21(28(20)34)25-12-17-8-10-23(27(17)31(39-25)47-4)36-15-19-9-11-26(43)37-19/h5-7,12-14,19,23,36H,8-11,15H2,1-4H3,(H,37,43)(H,38,44). The Bertz CT molecular complexity index is 2060. The maximum atomic E-state index is 15.1. The van der Waals surface area contributed by atoms with Crippen molar-refractivity contribution < 1.29 is 18.7 Å². The minimum atomic E-state index is -0.893. The molecule has 1 aliphatic heterocycles. The maximum Gasteiger partial charge on any atom is 0.346 e. The molecule has 12 nitrogen and oxygen atoms in total. The number of carbonyl (C=O) groups is 2. The predicted molar refractivity (Wildman–Crippen MR) is 174 cm³/mol. The van der Waals surface area contributed by atoms with E-state index in [0.717, 1.165) is 45.7 Å². The van der Waals surface area contributed by atoms with Crippen LogP contribution in [0.5, 0.6) is 5.88 Å². The molecule has 1 fully saturated rings. The van der Waals surface area contributed by atoms with Crippen LogP contribution in [0.1, 0.15) is 52.5 Å². The van der Waals surface area contributed by atoms with Gasteiger partial charge in [0.2, 0.25) is 17.5 Å². The van der Waals surface area contributed by atoms with E-state index in [1.165, 1.54) is 20.2 Å². The van der Waals surface area contributed by atoms with Crippen molar-refractivity contribution >= 4 is 29.1 Å². The molecule has 0 saturated carbocycles. The van der Waals surface area contributed by atoms with E-state index >= 15 is 4.39 Å². The lowest BCUT2D eigenvalue weighted by atomic mass is 9.95. The van der Waals surface area contributed by atoms with Crippen molar-refractivity contribution in [3.05, 3.63) is 90.5 Å². The normalized spacial score (nSPS) is 17.0. The minimum Gasteiger partial charge on any atom is -0.481 e. The van der Waals surface area contributed by atoms with Crippen LogP contribution in [-0.2, 0) is 25.3 Å². The molecule has 3 heterocycles. The van der Waals surface area contributed by atoms with Gasteiger partial charge in [0.25, 0.3) is 11.5 Å². The van der Waals surface area contributed by atoms with Gasteiger partial charge in [-0.05, 0) is 61.1 Å². The van der Waals surface area contributed by atoms with Gasteiger partial charge in [0.1, 0.15) is 5.82 Å². The van der Waals surface area contributed by atoms with Crippen molar-refractivity contribution in [3.63, 3.8) is 0 Å². The zero-order chi connectivity index (χ0) is 33.6. The average Bonchev–Trinajstić information content (AvgIpc) is 3.67. The molecule has 3 N–H and O–H groups in total. The molecule has 47 heavy (non-hydrogen) atoms. The number of aromatic nitrogens is 4. The molecule has 0 bridgehead atoms. The van der Waals surface area contributed by atoms with E-state index < -0.39 is 28.7 Å². The molecule has 4 aromatic rings. The highest BCUT2D eigenvalue weighted by Crippen LogP contribution is 2.43. The maximum absolute atomic E-state index is 15.1. The van der Waals surface area contributed by atoms with Crippen LogP contribution >= 0.6 is 11.6 Å². The Kier molecular flexibility index (Phi) is 8.68. The lowest BCUT2D eigenvalue weighted by molar-refractivity contribution is -0.119. The molecular formula is C33H33ClFN7O5. The van der Waals surface area contributed by atoms with Gasteiger partial charge in [-0.3, -0.25) is 19.0 Å². The molecule has 0 spiro atoms. The summed E-state index contributed by atoms with van der Waals surface area (Å²) in [4.78, 5) is 54.1. The topological polar surface area (TPSA) is 149 Å². The van der Waals surface area contributed by atoms with Crippen LogP contribution in [0.2, 0.25) is 5.02 Å². The molecule has 1 saturated heterocycles. The SMILES string of the molecule is COc1nc(-c2cccc(-c3cc(F)cc(NC(=O)c4nn(C)c(=O)n(C)c4=O)c3C)c2Cl)cc2c1C(NCC1CCC(=O)N1)CC2. The first kappa shape index (κ1) is 32.1. The number of benzene rings is 2. The van der Waals surface area contributed by atoms with Crippen LogP contribution in [0.3, 0.4) is 0 Å². The van der Waals surface area contributed by atoms with E-state index in [-0.39, 0.29) is 23.7 Å². The number of aryl methyl sites for hydroxylation is 2. The van der Waals surface area contributed by atoms with Crippen molar-refractivity contribution in [1.29, 1.82) is 0 Å². The molecule has 2 aliphatic rings. The highest BCUT2D eigenvalue weighted by atomic mass is 35.5. The first-order valence-corrected chi connectivity index (χ1v) is 15.5. The number of amides is 2. The van der Waals surface area contributed by atoms with E-state index in [1.54, 1.807) is 26.2 Å². The molecule has 2 atom stereocenters. The molecule has 14 heteroatoms. The summed E-state index contributed by atoms with van der Waals surface area (Å²) in [7, 11) is 4.13. The van der Waals surface area contributed by atoms with Crippen molar-refractivity contribution in [2.24, 2.45) is 14.1 Å². The summed E-state index contributed by atoms with van der Waals surface area (Å²) in [6.45, 7) is 2.35. The molecular weight excluding hydrogens is 629 g/mol. The Morgan fingerprint density at radius 2 is 1.87 bits per heavy atom. The fourth-order valence-electron chi connectivity index (χ4n) is 6.27. The summed E-state index contributed by atoms with van der Waals surface area (Å²) in [5, 5.41) is 13.2. The number of halogens is 2. The van der Waals surface area contributed by atoms with Crippen LogP contribution in [0.25, 0.3) is 22.4 Å². The van der Waals surface area contributed by atoms with Gasteiger partial charge in [0.15, 0.2) is 0 Å². The number of carbonyl (C=O) groups excluding carboxylic acids is 2. The third kappa shape index (κ3) is 6.03. The molecule has 0 radical (unpaired) electrons. The number of hydrogen-bond donors (Lipinski definition) is 3. The third-order valence-electron chi connectivity index (χ3n) is 8.77. The summed E-state index contributed by atoms with van der Waals surface area (Å²) in [6.07, 6.45) is 3.00. The molecule has 2 unspecified atom stereocenters. The summed E-state index contributed by atoms with van der Waals surface area (Å²) < 4.78 is 22.4. The van der Waals surface area contributed by atoms with Gasteiger partial charge in [0, 0.05) is 61.5 Å². The van der Waals surface area contributed by atoms with Gasteiger partial charge in [-0.1, -0.05) is 29.8 Å². The molecule has 6 rings (SSSR count). The lowest BCUT2D eigenvalue weighted by Crippen LogP contribution is -2.43. The van der Waals surface area contributed by atoms with E-state index in [2.05, 4.69) is 21.0 Å². The number of fused-ring (bicyclic) bond motifs is 1. The van der Waals surface area contributed by atoms with Crippen LogP contribution in [0, 0.1) is 12.7 Å². The number of nitrogens with one attached hydrogen (secondary N) is 3. The zero-order valence-electron chi connectivity index (χ0n) is 26.2. The summed E-state index contributed by atoms with van der Waals surface area (Å²) in [5.41, 5.74) is 2.72. The van der Waals surface area contributed by atoms with Crippen LogP contribution in [0.15, 0.2) is 46.0 Å². The molecule has 2 aromatic carbocycles. The van der Waals surface area contributed by atoms with Gasteiger partial charge < -0.3 is 20.7 Å². The van der Waals surface area contributed by atoms with E-state index in [4.69, 9.17) is 21.3 Å². The number of ether oxygens (including phenoxy) is 1. The molecule has 2 aromatic heterocycles.